The summed E-state index contributed by atoms with van der Waals surface area (Å²) in [5, 5.41) is 2.78. The summed E-state index contributed by atoms with van der Waals surface area (Å²) < 4.78 is 50.7. The van der Waals surface area contributed by atoms with Gasteiger partial charge in [0.2, 0.25) is 5.91 Å². The van der Waals surface area contributed by atoms with E-state index in [1.54, 1.807) is 29.2 Å². The highest BCUT2D eigenvalue weighted by molar-refractivity contribution is 6.04. The van der Waals surface area contributed by atoms with Gasteiger partial charge in [0.15, 0.2) is 11.5 Å². The van der Waals surface area contributed by atoms with E-state index in [0.717, 1.165) is 23.3 Å². The summed E-state index contributed by atoms with van der Waals surface area (Å²) in [7, 11) is 0. The van der Waals surface area contributed by atoms with Gasteiger partial charge in [0.05, 0.1) is 30.7 Å². The Hall–Kier alpha value is -4.01. The third kappa shape index (κ3) is 4.57. The molecule has 2 heterocycles. The van der Waals surface area contributed by atoms with E-state index < -0.39 is 29.6 Å². The molecule has 3 aromatic carbocycles. The fraction of sp³-hybridized carbons (Fsp3) is 0.310. The second-order valence-corrected chi connectivity index (χ2v) is 9.19. The maximum Gasteiger partial charge on any atom is 0.416 e. The number of carbonyl (C=O) groups is 2. The predicted molar refractivity (Wildman–Crippen MR) is 136 cm³/mol. The van der Waals surface area contributed by atoms with Gasteiger partial charge in [-0.3, -0.25) is 9.59 Å². The van der Waals surface area contributed by atoms with Gasteiger partial charge in [-0.25, -0.2) is 0 Å². The molecule has 0 saturated heterocycles. The molecular weight excluding hydrogens is 497 g/mol. The predicted octanol–water partition coefficient (Wildman–Crippen LogP) is 5.98. The molecule has 2 aliphatic rings. The molecule has 3 aromatic rings. The highest BCUT2D eigenvalue weighted by atomic mass is 19.4. The van der Waals surface area contributed by atoms with Gasteiger partial charge in [-0.05, 0) is 79.4 Å². The molecule has 0 saturated carbocycles. The molecule has 0 spiro atoms. The number of halogens is 3. The Morgan fingerprint density at radius 2 is 1.63 bits per heavy atom. The maximum atomic E-state index is 13.8. The van der Waals surface area contributed by atoms with E-state index >= 15 is 0 Å². The average molecular weight is 525 g/mol. The first-order chi connectivity index (χ1) is 18.2. The number of hydrogen-bond donors (Lipinski definition) is 1. The van der Waals surface area contributed by atoms with Crippen molar-refractivity contribution in [1.29, 1.82) is 0 Å². The minimum absolute atomic E-state index is 0.165. The van der Waals surface area contributed by atoms with Crippen molar-refractivity contribution in [3.8, 4) is 11.5 Å². The van der Waals surface area contributed by atoms with Crippen molar-refractivity contribution in [3.63, 3.8) is 0 Å². The molecule has 0 fully saturated rings. The number of nitrogens with one attached hydrogen (secondary N) is 1. The third-order valence-corrected chi connectivity index (χ3v) is 6.95. The van der Waals surface area contributed by atoms with Crippen LogP contribution in [0.4, 0.5) is 18.9 Å². The minimum Gasteiger partial charge on any atom is -0.490 e. The Morgan fingerprint density at radius 3 is 2.29 bits per heavy atom. The van der Waals surface area contributed by atoms with Crippen LogP contribution in [0.15, 0.2) is 60.7 Å². The van der Waals surface area contributed by atoms with Crippen molar-refractivity contribution < 1.29 is 32.2 Å². The Labute approximate surface area is 218 Å². The number of hydrogen-bond acceptors (Lipinski definition) is 4. The topological polar surface area (TPSA) is 67.9 Å². The number of anilines is 1. The van der Waals surface area contributed by atoms with Crippen molar-refractivity contribution in [1.82, 2.24) is 4.90 Å². The van der Waals surface area contributed by atoms with Crippen molar-refractivity contribution in [3.05, 3.63) is 88.5 Å². The SMILES string of the molecule is CCOc1cc2c(cc1OCC)C1C(C(=O)Nc3ccc(C(F)(F)F)cc3)c3ccccc3C(=O)N1CC2. The van der Waals surface area contributed by atoms with Gasteiger partial charge in [-0.2, -0.15) is 13.2 Å². The molecule has 2 aliphatic heterocycles. The van der Waals surface area contributed by atoms with E-state index in [4.69, 9.17) is 9.47 Å². The average Bonchev–Trinajstić information content (AvgIpc) is 2.89. The first-order valence-electron chi connectivity index (χ1n) is 12.5. The first-order valence-corrected chi connectivity index (χ1v) is 12.5. The summed E-state index contributed by atoms with van der Waals surface area (Å²) in [6, 6.07) is 14.4. The first kappa shape index (κ1) is 25.6. The highest BCUT2D eigenvalue weighted by Crippen LogP contribution is 2.48. The van der Waals surface area contributed by atoms with Gasteiger partial charge in [-0.15, -0.1) is 0 Å². The fourth-order valence-electron chi connectivity index (χ4n) is 5.32. The Balaban J connectivity index is 1.59. The molecule has 198 valence electrons. The van der Waals surface area contributed by atoms with Crippen LogP contribution in [0.1, 0.15) is 58.4 Å². The second kappa shape index (κ2) is 10.0. The van der Waals surface area contributed by atoms with E-state index in [-0.39, 0.29) is 11.6 Å². The second-order valence-electron chi connectivity index (χ2n) is 9.19. The Morgan fingerprint density at radius 1 is 0.974 bits per heavy atom. The number of alkyl halides is 3. The van der Waals surface area contributed by atoms with Crippen molar-refractivity contribution in [2.45, 2.75) is 38.4 Å². The molecular formula is C29H27F3N2O4. The van der Waals surface area contributed by atoms with Crippen molar-refractivity contribution in [2.75, 3.05) is 25.1 Å². The number of fused-ring (bicyclic) bond motifs is 4. The maximum absolute atomic E-state index is 13.8. The van der Waals surface area contributed by atoms with Crippen LogP contribution in [0, 0.1) is 0 Å². The number of amides is 2. The summed E-state index contributed by atoms with van der Waals surface area (Å²) in [6.07, 6.45) is -3.89. The summed E-state index contributed by atoms with van der Waals surface area (Å²) in [5.74, 6) is -0.239. The number of nitrogens with zero attached hydrogens (tertiary/aromatic N) is 1. The van der Waals surface area contributed by atoms with Gasteiger partial charge in [0, 0.05) is 17.8 Å². The molecule has 5 rings (SSSR count). The van der Waals surface area contributed by atoms with E-state index in [1.165, 1.54) is 12.1 Å². The molecule has 9 heteroatoms. The lowest BCUT2D eigenvalue weighted by Gasteiger charge is -2.45. The Kier molecular flexibility index (Phi) is 6.77. The number of carbonyl (C=O) groups excluding carboxylic acids is 2. The van der Waals surface area contributed by atoms with Gasteiger partial charge in [0.1, 0.15) is 0 Å². The summed E-state index contributed by atoms with van der Waals surface area (Å²) in [4.78, 5) is 29.1. The van der Waals surface area contributed by atoms with Crippen LogP contribution in [0.3, 0.4) is 0 Å². The standard InChI is InChI=1S/C29H27F3N2O4/c1-3-37-23-15-17-13-14-34-26(22(17)16-24(23)38-4-2)25(20-7-5-6-8-21(20)28(34)36)27(35)33-19-11-9-18(10-12-19)29(30,31)32/h5-12,15-16,25-26H,3-4,13-14H2,1-2H3,(H,33,35). The van der Waals surface area contributed by atoms with E-state index in [2.05, 4.69) is 5.32 Å². The van der Waals surface area contributed by atoms with Gasteiger partial charge < -0.3 is 19.7 Å². The fourth-order valence-corrected chi connectivity index (χ4v) is 5.32. The number of ether oxygens (including phenoxy) is 2. The van der Waals surface area contributed by atoms with Crippen LogP contribution in [0.5, 0.6) is 11.5 Å². The molecule has 0 aliphatic carbocycles. The largest absolute Gasteiger partial charge is 0.490 e. The monoisotopic (exact) mass is 524 g/mol. The normalized spacial score (nSPS) is 18.2. The number of benzene rings is 3. The molecule has 1 N–H and O–H groups in total. The molecule has 2 amide bonds. The molecule has 0 radical (unpaired) electrons. The van der Waals surface area contributed by atoms with Gasteiger partial charge >= 0.3 is 6.18 Å². The zero-order chi connectivity index (χ0) is 27.0. The lowest BCUT2D eigenvalue weighted by Crippen LogP contribution is -2.49. The minimum atomic E-state index is -4.48. The lowest BCUT2D eigenvalue weighted by atomic mass is 9.75. The molecule has 6 nitrogen and oxygen atoms in total. The van der Waals surface area contributed by atoms with Crippen LogP contribution < -0.4 is 14.8 Å². The van der Waals surface area contributed by atoms with Crippen LogP contribution >= 0.6 is 0 Å². The third-order valence-electron chi connectivity index (χ3n) is 6.95. The molecule has 38 heavy (non-hydrogen) atoms. The van der Waals surface area contributed by atoms with Crippen LogP contribution in [-0.2, 0) is 17.4 Å². The molecule has 2 atom stereocenters. The van der Waals surface area contributed by atoms with E-state index in [9.17, 15) is 22.8 Å². The van der Waals surface area contributed by atoms with E-state index in [1.807, 2.05) is 26.0 Å². The van der Waals surface area contributed by atoms with Gasteiger partial charge in [-0.1, -0.05) is 18.2 Å². The molecule has 2 unspecified atom stereocenters. The zero-order valence-electron chi connectivity index (χ0n) is 21.0. The Bertz CT molecular complexity index is 1370. The smallest absolute Gasteiger partial charge is 0.416 e. The molecule has 0 aromatic heterocycles. The molecule has 0 bridgehead atoms. The highest BCUT2D eigenvalue weighted by Gasteiger charge is 2.46. The number of rotatable bonds is 6. The lowest BCUT2D eigenvalue weighted by molar-refractivity contribution is -0.137. The zero-order valence-corrected chi connectivity index (χ0v) is 21.0. The van der Waals surface area contributed by atoms with Crippen LogP contribution in [0.25, 0.3) is 0 Å². The van der Waals surface area contributed by atoms with E-state index in [0.29, 0.717) is 48.8 Å². The summed E-state index contributed by atoms with van der Waals surface area (Å²) in [5.41, 5.74) is 2.20. The quantitative estimate of drug-likeness (QED) is 0.431. The van der Waals surface area contributed by atoms with Crippen molar-refractivity contribution in [2.24, 2.45) is 0 Å². The van der Waals surface area contributed by atoms with Crippen LogP contribution in [-0.4, -0.2) is 36.5 Å². The van der Waals surface area contributed by atoms with Gasteiger partial charge in [0.25, 0.3) is 5.91 Å². The van der Waals surface area contributed by atoms with Crippen molar-refractivity contribution >= 4 is 17.5 Å². The summed E-state index contributed by atoms with van der Waals surface area (Å²) in [6.45, 7) is 5.02. The summed E-state index contributed by atoms with van der Waals surface area (Å²) >= 11 is 0. The van der Waals surface area contributed by atoms with Crippen LogP contribution in [0.2, 0.25) is 0 Å².